The highest BCUT2D eigenvalue weighted by Crippen LogP contribution is 2.26. The van der Waals surface area contributed by atoms with Gasteiger partial charge < -0.3 is 9.42 Å². The van der Waals surface area contributed by atoms with Gasteiger partial charge in [0.2, 0.25) is 0 Å². The first kappa shape index (κ1) is 10.0. The van der Waals surface area contributed by atoms with E-state index in [-0.39, 0.29) is 0 Å². The molecule has 0 bridgehead atoms. The van der Waals surface area contributed by atoms with Gasteiger partial charge in [0.1, 0.15) is 5.75 Å². The summed E-state index contributed by atoms with van der Waals surface area (Å²) >= 11 is 0. The van der Waals surface area contributed by atoms with Crippen LogP contribution in [0, 0.1) is 0 Å². The molecule has 70 valence electrons. The van der Waals surface area contributed by atoms with E-state index in [1.165, 1.54) is 0 Å². The third-order valence-corrected chi connectivity index (χ3v) is 1.93. The van der Waals surface area contributed by atoms with Crippen molar-refractivity contribution in [3.05, 3.63) is 42.5 Å². The normalized spacial score (nSPS) is 12.1. The topological polar surface area (TPSA) is 46.5 Å². The average molecular weight is 198 g/mol. The maximum atomic E-state index is 10.5. The van der Waals surface area contributed by atoms with Crippen molar-refractivity contribution in [3.8, 4) is 5.75 Å². The number of hydrogen-bond donors (Lipinski definition) is 1. The molecule has 1 unspecified atom stereocenters. The molecule has 0 amide bonds. The summed E-state index contributed by atoms with van der Waals surface area (Å²) in [7, 11) is -2.91. The Bertz CT molecular complexity index is 322. The molecule has 1 atom stereocenters. The van der Waals surface area contributed by atoms with Gasteiger partial charge in [0.25, 0.3) is 0 Å². The molecule has 13 heavy (non-hydrogen) atoms. The van der Waals surface area contributed by atoms with Crippen molar-refractivity contribution < 1.29 is 14.0 Å². The molecule has 0 saturated carbocycles. The maximum Gasteiger partial charge on any atom is 0.365 e. The molecule has 3 nitrogen and oxygen atoms in total. The Labute approximate surface area is 77.6 Å². The maximum absolute atomic E-state index is 10.5. The zero-order valence-corrected chi connectivity index (χ0v) is 8.06. The van der Waals surface area contributed by atoms with E-state index in [4.69, 9.17) is 9.42 Å². The van der Waals surface area contributed by atoms with Crippen molar-refractivity contribution in [2.24, 2.45) is 0 Å². The summed E-state index contributed by atoms with van der Waals surface area (Å²) in [6, 6.07) is 7.10. The molecular weight excluding hydrogens is 187 g/mol. The smallest absolute Gasteiger partial charge is 0.365 e. The molecule has 0 aliphatic rings. The van der Waals surface area contributed by atoms with Crippen LogP contribution in [0.4, 0.5) is 0 Å². The molecule has 1 N–H and O–H groups in total. The first-order chi connectivity index (χ1) is 6.24. The minimum absolute atomic E-state index is 0.453. The number of rotatable bonds is 4. The summed E-state index contributed by atoms with van der Waals surface area (Å²) in [6.07, 6.45) is 2.35. The molecule has 1 rings (SSSR count). The Balaban J connectivity index is 2.90. The number of hydrogen-bond acceptors (Lipinski definition) is 2. The van der Waals surface area contributed by atoms with Gasteiger partial charge in [-0.15, -0.1) is 6.58 Å². The van der Waals surface area contributed by atoms with Crippen molar-refractivity contribution >= 4 is 8.25 Å². The van der Waals surface area contributed by atoms with Gasteiger partial charge in [-0.2, -0.15) is 0 Å². The van der Waals surface area contributed by atoms with Gasteiger partial charge in [-0.05, 0) is 18.1 Å². The second-order valence-electron chi connectivity index (χ2n) is 2.47. The third kappa shape index (κ3) is 3.05. The van der Waals surface area contributed by atoms with Crippen LogP contribution in [0.1, 0.15) is 5.56 Å². The lowest BCUT2D eigenvalue weighted by atomic mass is 10.1. The molecule has 1 aromatic rings. The van der Waals surface area contributed by atoms with Gasteiger partial charge in [0.05, 0.1) is 0 Å². The van der Waals surface area contributed by atoms with Crippen LogP contribution in [-0.2, 0) is 11.0 Å². The van der Waals surface area contributed by atoms with Crippen LogP contribution in [0.15, 0.2) is 36.9 Å². The Kier molecular flexibility index (Phi) is 3.74. The third-order valence-electron chi connectivity index (χ3n) is 1.53. The van der Waals surface area contributed by atoms with Gasteiger partial charge >= 0.3 is 8.25 Å². The number of allylic oxidation sites excluding steroid dienone is 1. The highest BCUT2D eigenvalue weighted by atomic mass is 31.1. The second-order valence-corrected chi connectivity index (χ2v) is 3.20. The van der Waals surface area contributed by atoms with E-state index in [1.54, 1.807) is 18.2 Å². The monoisotopic (exact) mass is 198 g/mol. The molecule has 0 aromatic heterocycles. The number of para-hydroxylation sites is 1. The fourth-order valence-electron chi connectivity index (χ4n) is 1.02. The van der Waals surface area contributed by atoms with Gasteiger partial charge in [0.15, 0.2) is 0 Å². The van der Waals surface area contributed by atoms with E-state index in [0.29, 0.717) is 12.2 Å². The lowest BCUT2D eigenvalue weighted by Crippen LogP contribution is -1.87. The van der Waals surface area contributed by atoms with Gasteiger partial charge in [-0.1, -0.05) is 24.3 Å². The lowest BCUT2D eigenvalue weighted by molar-refractivity contribution is 0.409. The predicted molar refractivity (Wildman–Crippen MR) is 52.2 cm³/mol. The van der Waals surface area contributed by atoms with Gasteiger partial charge in [-0.25, -0.2) is 4.57 Å². The Hall–Kier alpha value is -1.05. The standard InChI is InChI=1S/C9H11O3P/c1-2-5-8-6-3-4-7-9(8)12-13(10)11/h2-4,6-7,13H,1,5H2,(H,10,11). The van der Waals surface area contributed by atoms with Crippen molar-refractivity contribution in [1.82, 2.24) is 0 Å². The average Bonchev–Trinajstić information content (AvgIpc) is 2.08. The Morgan fingerprint density at radius 3 is 2.85 bits per heavy atom. The number of benzene rings is 1. The molecular formula is C9H11O3P. The summed E-state index contributed by atoms with van der Waals surface area (Å²) in [4.78, 5) is 8.60. The SMILES string of the molecule is C=CCc1ccccc1O[PH](=O)O. The molecule has 4 heteroatoms. The summed E-state index contributed by atoms with van der Waals surface area (Å²) < 4.78 is 15.2. The minimum Gasteiger partial charge on any atom is -0.426 e. The van der Waals surface area contributed by atoms with Crippen LogP contribution in [0.2, 0.25) is 0 Å². The van der Waals surface area contributed by atoms with Crippen LogP contribution in [0.25, 0.3) is 0 Å². The first-order valence-corrected chi connectivity index (χ1v) is 5.10. The molecule has 0 radical (unpaired) electrons. The molecule has 0 fully saturated rings. The molecule has 1 aromatic carbocycles. The first-order valence-electron chi connectivity index (χ1n) is 3.83. The van der Waals surface area contributed by atoms with Crippen molar-refractivity contribution in [2.75, 3.05) is 0 Å². The van der Waals surface area contributed by atoms with Crippen molar-refractivity contribution in [1.29, 1.82) is 0 Å². The second kappa shape index (κ2) is 4.85. The Morgan fingerprint density at radius 2 is 2.23 bits per heavy atom. The molecule has 0 aliphatic heterocycles. The minimum atomic E-state index is -2.91. The molecule has 0 saturated heterocycles. The molecule has 0 heterocycles. The molecule has 0 aliphatic carbocycles. The summed E-state index contributed by atoms with van der Waals surface area (Å²) in [5.74, 6) is 0.453. The quantitative estimate of drug-likeness (QED) is 0.595. The molecule has 0 spiro atoms. The van der Waals surface area contributed by atoms with Crippen LogP contribution < -0.4 is 4.52 Å². The van der Waals surface area contributed by atoms with Crippen molar-refractivity contribution in [2.45, 2.75) is 6.42 Å². The zero-order valence-electron chi connectivity index (χ0n) is 7.06. The van der Waals surface area contributed by atoms with E-state index >= 15 is 0 Å². The van der Waals surface area contributed by atoms with E-state index in [9.17, 15) is 4.57 Å². The van der Waals surface area contributed by atoms with Gasteiger partial charge in [-0.3, -0.25) is 0 Å². The van der Waals surface area contributed by atoms with Crippen molar-refractivity contribution in [3.63, 3.8) is 0 Å². The van der Waals surface area contributed by atoms with E-state index < -0.39 is 8.25 Å². The van der Waals surface area contributed by atoms with Crippen LogP contribution in [0.3, 0.4) is 0 Å². The van der Waals surface area contributed by atoms with Gasteiger partial charge in [0, 0.05) is 0 Å². The van der Waals surface area contributed by atoms with E-state index in [1.807, 2.05) is 12.1 Å². The summed E-state index contributed by atoms with van der Waals surface area (Å²) in [6.45, 7) is 3.59. The fourth-order valence-corrected chi connectivity index (χ4v) is 1.41. The van der Waals surface area contributed by atoms with E-state index in [2.05, 4.69) is 6.58 Å². The van der Waals surface area contributed by atoms with Crippen LogP contribution in [-0.4, -0.2) is 4.89 Å². The zero-order chi connectivity index (χ0) is 9.68. The summed E-state index contributed by atoms with van der Waals surface area (Å²) in [5, 5.41) is 0. The van der Waals surface area contributed by atoms with E-state index in [0.717, 1.165) is 5.56 Å². The summed E-state index contributed by atoms with van der Waals surface area (Å²) in [5.41, 5.74) is 0.866. The van der Waals surface area contributed by atoms with Crippen LogP contribution in [0.5, 0.6) is 5.75 Å². The Morgan fingerprint density at radius 1 is 1.54 bits per heavy atom. The van der Waals surface area contributed by atoms with Crippen LogP contribution >= 0.6 is 8.25 Å². The predicted octanol–water partition coefficient (Wildman–Crippen LogP) is 2.18. The largest absolute Gasteiger partial charge is 0.426 e. The lowest BCUT2D eigenvalue weighted by Gasteiger charge is -2.06. The highest BCUT2D eigenvalue weighted by molar-refractivity contribution is 7.32. The fraction of sp³-hybridized carbons (Fsp3) is 0.111. The highest BCUT2D eigenvalue weighted by Gasteiger charge is 2.02.